The van der Waals surface area contributed by atoms with Crippen LogP contribution in [0.25, 0.3) is 0 Å². The third-order valence-corrected chi connectivity index (χ3v) is 4.14. The van der Waals surface area contributed by atoms with Crippen LogP contribution in [0.15, 0.2) is 48.5 Å². The summed E-state index contributed by atoms with van der Waals surface area (Å²) in [5.41, 5.74) is 0.678. The maximum Gasteiger partial charge on any atom is 0.338 e. The Labute approximate surface area is 177 Å². The van der Waals surface area contributed by atoms with Gasteiger partial charge in [-0.3, -0.25) is 0 Å². The van der Waals surface area contributed by atoms with Crippen LogP contribution in [0.1, 0.15) is 41.4 Å². The molecule has 0 unspecified atom stereocenters. The SMILES string of the molecule is O=C1OCCOCCOC(=O)c2cccc(c2)C(=O)OCCOC(=O)c2cccc1c2. The van der Waals surface area contributed by atoms with Gasteiger partial charge in [0.15, 0.2) is 0 Å². The summed E-state index contributed by atoms with van der Waals surface area (Å²) in [5, 5.41) is 0. The van der Waals surface area contributed by atoms with E-state index < -0.39 is 23.9 Å². The molecule has 1 aliphatic heterocycles. The van der Waals surface area contributed by atoms with Crippen LogP contribution in [0.3, 0.4) is 0 Å². The summed E-state index contributed by atoms with van der Waals surface area (Å²) >= 11 is 0. The molecule has 1 aliphatic rings. The van der Waals surface area contributed by atoms with Gasteiger partial charge in [0, 0.05) is 0 Å². The number of benzene rings is 2. The number of carbonyl (C=O) groups is 4. The minimum Gasteiger partial charge on any atom is -0.460 e. The van der Waals surface area contributed by atoms with Crippen LogP contribution >= 0.6 is 0 Å². The molecular weight excluding hydrogens is 408 g/mol. The standard InChI is InChI=1S/C22H20O9/c23-19-15-3-1-5-17(13-15)21(25)30-11-12-31-22(26)18-6-2-4-16(14-18)20(24)29-10-8-27-7-9-28-19/h1-6,13-14H,7-12H2. The van der Waals surface area contributed by atoms with Crippen molar-refractivity contribution in [2.75, 3.05) is 39.6 Å². The number of carbonyl (C=O) groups excluding carboxylic acids is 4. The van der Waals surface area contributed by atoms with Gasteiger partial charge >= 0.3 is 23.9 Å². The monoisotopic (exact) mass is 428 g/mol. The van der Waals surface area contributed by atoms with Crippen molar-refractivity contribution in [1.82, 2.24) is 0 Å². The highest BCUT2D eigenvalue weighted by molar-refractivity contribution is 5.96. The number of fused-ring (bicyclic) bond motifs is 4. The van der Waals surface area contributed by atoms with Crippen LogP contribution in [-0.2, 0) is 23.7 Å². The molecule has 9 heteroatoms. The van der Waals surface area contributed by atoms with Gasteiger partial charge in [-0.1, -0.05) is 12.1 Å². The molecule has 31 heavy (non-hydrogen) atoms. The lowest BCUT2D eigenvalue weighted by atomic mass is 10.1. The third kappa shape index (κ3) is 6.38. The van der Waals surface area contributed by atoms with Crippen molar-refractivity contribution < 1.29 is 42.9 Å². The number of hydrogen-bond donors (Lipinski definition) is 0. The summed E-state index contributed by atoms with van der Waals surface area (Å²) in [7, 11) is 0. The van der Waals surface area contributed by atoms with Crippen LogP contribution in [0.5, 0.6) is 0 Å². The van der Waals surface area contributed by atoms with Crippen molar-refractivity contribution in [2.24, 2.45) is 0 Å². The second-order valence-electron chi connectivity index (χ2n) is 6.32. The highest BCUT2D eigenvalue weighted by atomic mass is 16.6. The number of cyclic esters (lactones) is 4. The highest BCUT2D eigenvalue weighted by Gasteiger charge is 2.15. The average Bonchev–Trinajstić information content (AvgIpc) is 2.80. The van der Waals surface area contributed by atoms with Crippen molar-refractivity contribution in [1.29, 1.82) is 0 Å². The molecular formula is C22H20O9. The van der Waals surface area contributed by atoms with E-state index in [4.69, 9.17) is 23.7 Å². The van der Waals surface area contributed by atoms with E-state index in [-0.39, 0.29) is 61.9 Å². The second kappa shape index (κ2) is 10.9. The first-order valence-electron chi connectivity index (χ1n) is 9.51. The molecule has 0 fully saturated rings. The van der Waals surface area contributed by atoms with Crippen molar-refractivity contribution in [3.63, 3.8) is 0 Å². The van der Waals surface area contributed by atoms with E-state index >= 15 is 0 Å². The van der Waals surface area contributed by atoms with E-state index in [2.05, 4.69) is 0 Å². The summed E-state index contributed by atoms with van der Waals surface area (Å²) in [6, 6.07) is 11.8. The quantitative estimate of drug-likeness (QED) is 0.459. The predicted octanol–water partition coefficient (Wildman–Crippen LogP) is 2.04. The molecule has 0 saturated heterocycles. The molecule has 2 aromatic carbocycles. The molecule has 162 valence electrons. The van der Waals surface area contributed by atoms with Crippen molar-refractivity contribution in [3.8, 4) is 0 Å². The fourth-order valence-corrected chi connectivity index (χ4v) is 2.64. The van der Waals surface area contributed by atoms with Crippen molar-refractivity contribution >= 4 is 23.9 Å². The number of hydrogen-bond acceptors (Lipinski definition) is 9. The highest BCUT2D eigenvalue weighted by Crippen LogP contribution is 2.10. The van der Waals surface area contributed by atoms with E-state index in [0.29, 0.717) is 0 Å². The second-order valence-corrected chi connectivity index (χ2v) is 6.32. The van der Waals surface area contributed by atoms with E-state index in [1.54, 1.807) is 0 Å². The first-order valence-corrected chi connectivity index (χ1v) is 9.51. The minimum absolute atomic E-state index is 0.0110. The van der Waals surface area contributed by atoms with Crippen molar-refractivity contribution in [3.05, 3.63) is 70.8 Å². The van der Waals surface area contributed by atoms with E-state index in [0.717, 1.165) is 0 Å². The minimum atomic E-state index is -0.676. The smallest absolute Gasteiger partial charge is 0.338 e. The van der Waals surface area contributed by atoms with Gasteiger partial charge in [-0.2, -0.15) is 0 Å². The first kappa shape index (κ1) is 22.0. The zero-order valence-corrected chi connectivity index (χ0v) is 16.5. The molecule has 0 saturated carbocycles. The molecule has 4 bridgehead atoms. The van der Waals surface area contributed by atoms with Crippen LogP contribution in [-0.4, -0.2) is 63.5 Å². The van der Waals surface area contributed by atoms with Gasteiger partial charge in [0.2, 0.25) is 0 Å². The van der Waals surface area contributed by atoms with Gasteiger partial charge in [0.25, 0.3) is 0 Å². The van der Waals surface area contributed by atoms with E-state index in [1.165, 1.54) is 48.5 Å². The van der Waals surface area contributed by atoms with Gasteiger partial charge in [-0.15, -0.1) is 0 Å². The fourth-order valence-electron chi connectivity index (χ4n) is 2.64. The Morgan fingerprint density at radius 1 is 0.452 bits per heavy atom. The normalized spacial score (nSPS) is 16.8. The summed E-state index contributed by atoms with van der Waals surface area (Å²) in [6.45, 7) is -0.179. The summed E-state index contributed by atoms with van der Waals surface area (Å²) in [6.07, 6.45) is 0. The topological polar surface area (TPSA) is 114 Å². The molecule has 0 spiro atoms. The number of esters is 4. The first-order chi connectivity index (χ1) is 15.0. The fraction of sp³-hybridized carbons (Fsp3) is 0.273. The van der Waals surface area contributed by atoms with E-state index in [9.17, 15) is 19.2 Å². The van der Waals surface area contributed by atoms with Crippen LogP contribution in [0.4, 0.5) is 0 Å². The van der Waals surface area contributed by atoms with Crippen LogP contribution in [0.2, 0.25) is 0 Å². The molecule has 0 N–H and O–H groups in total. The van der Waals surface area contributed by atoms with Gasteiger partial charge in [-0.25, -0.2) is 19.2 Å². The molecule has 2 aromatic rings. The Balaban J connectivity index is 1.70. The number of rotatable bonds is 0. The van der Waals surface area contributed by atoms with Crippen LogP contribution in [0, 0.1) is 0 Å². The Bertz CT molecular complexity index is 889. The van der Waals surface area contributed by atoms with E-state index in [1.807, 2.05) is 0 Å². The zero-order chi connectivity index (χ0) is 22.1. The molecule has 0 atom stereocenters. The van der Waals surface area contributed by atoms with Gasteiger partial charge in [0.05, 0.1) is 35.5 Å². The van der Waals surface area contributed by atoms with Gasteiger partial charge < -0.3 is 23.7 Å². The zero-order valence-electron chi connectivity index (χ0n) is 16.5. The Morgan fingerprint density at radius 3 is 1.06 bits per heavy atom. The van der Waals surface area contributed by atoms with Gasteiger partial charge in [-0.05, 0) is 36.4 Å². The maximum absolute atomic E-state index is 12.2. The lowest BCUT2D eigenvalue weighted by molar-refractivity contribution is 0.0151. The lowest BCUT2D eigenvalue weighted by Crippen LogP contribution is -2.15. The summed E-state index contributed by atoms with van der Waals surface area (Å²) in [5.74, 6) is -2.60. The molecule has 0 aliphatic carbocycles. The van der Waals surface area contributed by atoms with Gasteiger partial charge in [0.1, 0.15) is 26.4 Å². The summed E-state index contributed by atoms with van der Waals surface area (Å²) in [4.78, 5) is 48.6. The summed E-state index contributed by atoms with van der Waals surface area (Å²) < 4.78 is 25.6. The third-order valence-electron chi connectivity index (χ3n) is 4.14. The Hall–Kier alpha value is -3.72. The average molecular weight is 428 g/mol. The largest absolute Gasteiger partial charge is 0.460 e. The molecule has 0 amide bonds. The van der Waals surface area contributed by atoms with Crippen LogP contribution < -0.4 is 0 Å². The molecule has 1 heterocycles. The molecule has 9 nitrogen and oxygen atoms in total. The predicted molar refractivity (Wildman–Crippen MR) is 105 cm³/mol. The molecule has 0 radical (unpaired) electrons. The molecule has 0 aromatic heterocycles. The Kier molecular flexibility index (Phi) is 7.72. The maximum atomic E-state index is 12.2. The van der Waals surface area contributed by atoms with Crippen molar-refractivity contribution in [2.45, 2.75) is 0 Å². The molecule has 3 rings (SSSR count). The Morgan fingerprint density at radius 2 is 0.742 bits per heavy atom. The number of ether oxygens (including phenoxy) is 5. The lowest BCUT2D eigenvalue weighted by Gasteiger charge is -2.08.